The normalized spacial score (nSPS) is 10.9. The van der Waals surface area contributed by atoms with E-state index in [0.29, 0.717) is 17.5 Å². The number of pyridine rings is 2. The van der Waals surface area contributed by atoms with Gasteiger partial charge in [0.1, 0.15) is 0 Å². The summed E-state index contributed by atoms with van der Waals surface area (Å²) in [5, 5.41) is 0. The second-order valence-electron chi connectivity index (χ2n) is 11.5. The molecule has 48 heavy (non-hydrogen) atoms. The zero-order valence-corrected chi connectivity index (χ0v) is 26.0. The average molecular weight is 616 g/mol. The quantitative estimate of drug-likeness (QED) is 0.178. The van der Waals surface area contributed by atoms with Gasteiger partial charge >= 0.3 is 0 Å². The largest absolute Gasteiger partial charge is 0.264 e. The molecule has 226 valence electrons. The molecule has 8 aromatic rings. The topological polar surface area (TPSA) is 64.5 Å². The molecule has 0 spiro atoms. The van der Waals surface area contributed by atoms with Crippen LogP contribution in [0.2, 0.25) is 0 Å². The van der Waals surface area contributed by atoms with Crippen LogP contribution < -0.4 is 0 Å². The van der Waals surface area contributed by atoms with Crippen molar-refractivity contribution in [2.75, 3.05) is 0 Å². The third-order valence-corrected chi connectivity index (χ3v) is 8.27. The molecule has 3 aromatic heterocycles. The number of hydrogen-bond donors (Lipinski definition) is 0. The molecule has 0 N–H and O–H groups in total. The minimum Gasteiger partial charge on any atom is -0.264 e. The van der Waals surface area contributed by atoms with Gasteiger partial charge in [-0.05, 0) is 75.8 Å². The molecule has 0 unspecified atom stereocenters. The van der Waals surface area contributed by atoms with Crippen molar-refractivity contribution in [3.63, 3.8) is 0 Å². The minimum absolute atomic E-state index is 0.584. The summed E-state index contributed by atoms with van der Waals surface area (Å²) in [6.45, 7) is 0. The summed E-state index contributed by atoms with van der Waals surface area (Å²) in [6.07, 6.45) is 7.32. The Morgan fingerprint density at radius 3 is 1.04 bits per heavy atom. The van der Waals surface area contributed by atoms with Crippen LogP contribution in [0.5, 0.6) is 0 Å². The highest BCUT2D eigenvalue weighted by Crippen LogP contribution is 2.34. The summed E-state index contributed by atoms with van der Waals surface area (Å²) < 4.78 is 0. The third-order valence-electron chi connectivity index (χ3n) is 8.27. The Kier molecular flexibility index (Phi) is 7.83. The van der Waals surface area contributed by atoms with E-state index in [1.807, 2.05) is 36.7 Å². The van der Waals surface area contributed by atoms with E-state index in [1.54, 1.807) is 12.4 Å². The van der Waals surface area contributed by atoms with Crippen LogP contribution in [0.25, 0.3) is 78.7 Å². The van der Waals surface area contributed by atoms with Crippen molar-refractivity contribution in [2.24, 2.45) is 0 Å². The highest BCUT2D eigenvalue weighted by molar-refractivity contribution is 5.80. The first kappa shape index (κ1) is 28.9. The SMILES string of the molecule is c1ccc(-c2cccc(-c3nc(-c4cccc(-c5ccccc5)c4)nc(-c4cc(-c5cccnc5)cc(-c5cccnc5)c4)n3)c2)cc1. The van der Waals surface area contributed by atoms with E-state index in [1.165, 1.54) is 0 Å². The van der Waals surface area contributed by atoms with Crippen LogP contribution in [0.4, 0.5) is 0 Å². The summed E-state index contributed by atoms with van der Waals surface area (Å²) in [6, 6.07) is 51.9. The first-order valence-corrected chi connectivity index (χ1v) is 15.8. The molecular weight excluding hydrogens is 587 g/mol. The monoisotopic (exact) mass is 615 g/mol. The summed E-state index contributed by atoms with van der Waals surface area (Å²) in [4.78, 5) is 24.1. The zero-order chi connectivity index (χ0) is 32.1. The lowest BCUT2D eigenvalue weighted by atomic mass is 9.97. The van der Waals surface area contributed by atoms with Gasteiger partial charge in [-0.3, -0.25) is 9.97 Å². The van der Waals surface area contributed by atoms with Crippen LogP contribution in [-0.2, 0) is 0 Å². The molecule has 8 rings (SSSR count). The van der Waals surface area contributed by atoms with Gasteiger partial charge < -0.3 is 0 Å². The van der Waals surface area contributed by atoms with Crippen molar-refractivity contribution < 1.29 is 0 Å². The van der Waals surface area contributed by atoms with Crippen LogP contribution in [0, 0.1) is 0 Å². The lowest BCUT2D eigenvalue weighted by molar-refractivity contribution is 1.07. The van der Waals surface area contributed by atoms with Crippen LogP contribution in [-0.4, -0.2) is 24.9 Å². The predicted molar refractivity (Wildman–Crippen MR) is 193 cm³/mol. The van der Waals surface area contributed by atoms with E-state index < -0.39 is 0 Å². The van der Waals surface area contributed by atoms with Gasteiger partial charge in [-0.1, -0.05) is 109 Å². The zero-order valence-electron chi connectivity index (χ0n) is 26.0. The van der Waals surface area contributed by atoms with Crippen LogP contribution in [0.15, 0.2) is 176 Å². The molecule has 3 heterocycles. The van der Waals surface area contributed by atoms with Gasteiger partial charge in [0.15, 0.2) is 17.5 Å². The molecule has 0 fully saturated rings. The van der Waals surface area contributed by atoms with E-state index in [4.69, 9.17) is 15.0 Å². The van der Waals surface area contributed by atoms with Crippen molar-refractivity contribution in [3.05, 3.63) is 176 Å². The second kappa shape index (κ2) is 13.0. The van der Waals surface area contributed by atoms with Gasteiger partial charge in [-0.25, -0.2) is 15.0 Å². The Balaban J connectivity index is 1.33. The fraction of sp³-hybridized carbons (Fsp3) is 0. The van der Waals surface area contributed by atoms with Crippen molar-refractivity contribution in [2.45, 2.75) is 0 Å². The van der Waals surface area contributed by atoms with Crippen LogP contribution in [0.1, 0.15) is 0 Å². The van der Waals surface area contributed by atoms with E-state index in [9.17, 15) is 0 Å². The Morgan fingerprint density at radius 1 is 0.250 bits per heavy atom. The Bertz CT molecular complexity index is 2170. The number of rotatable bonds is 7. The molecule has 0 radical (unpaired) electrons. The van der Waals surface area contributed by atoms with E-state index in [-0.39, 0.29) is 0 Å². The van der Waals surface area contributed by atoms with E-state index >= 15 is 0 Å². The first-order valence-electron chi connectivity index (χ1n) is 15.8. The number of benzene rings is 5. The van der Waals surface area contributed by atoms with Crippen molar-refractivity contribution in [3.8, 4) is 78.7 Å². The molecule has 0 amide bonds. The summed E-state index contributed by atoms with van der Waals surface area (Å²) >= 11 is 0. The maximum atomic E-state index is 5.13. The molecule has 0 saturated carbocycles. The number of aromatic nitrogens is 5. The Hall–Kier alpha value is -6.59. The molecule has 5 nitrogen and oxygen atoms in total. The van der Waals surface area contributed by atoms with Gasteiger partial charge in [-0.15, -0.1) is 0 Å². The molecule has 0 bridgehead atoms. The molecule has 0 aliphatic carbocycles. The van der Waals surface area contributed by atoms with Crippen LogP contribution >= 0.6 is 0 Å². The summed E-state index contributed by atoms with van der Waals surface area (Å²) in [5.74, 6) is 1.79. The van der Waals surface area contributed by atoms with Crippen molar-refractivity contribution in [1.82, 2.24) is 24.9 Å². The van der Waals surface area contributed by atoms with Gasteiger partial charge in [0.2, 0.25) is 0 Å². The molecule has 5 heteroatoms. The van der Waals surface area contributed by atoms with Gasteiger partial charge in [0.25, 0.3) is 0 Å². The molecule has 0 saturated heterocycles. The minimum atomic E-state index is 0.584. The summed E-state index contributed by atoms with van der Waals surface area (Å²) in [5.41, 5.74) is 11.2. The molecular formula is C43H29N5. The predicted octanol–water partition coefficient (Wildman–Crippen LogP) is 10.3. The van der Waals surface area contributed by atoms with E-state index in [2.05, 4.69) is 137 Å². The number of hydrogen-bond acceptors (Lipinski definition) is 5. The second-order valence-corrected chi connectivity index (χ2v) is 11.5. The highest BCUT2D eigenvalue weighted by Gasteiger charge is 2.16. The Labute approximate surface area is 279 Å². The fourth-order valence-electron chi connectivity index (χ4n) is 5.86. The molecule has 0 aliphatic heterocycles. The standard InChI is InChI=1S/C43H29N5/c1-3-11-30(12-4-1)32-15-7-17-34(23-32)41-46-42(35-18-8-16-33(24-35)31-13-5-2-6-14-31)48-43(47-41)40-26-38(36-19-9-21-44-28-36)25-39(27-40)37-20-10-22-45-29-37/h1-29H. The van der Waals surface area contributed by atoms with Crippen LogP contribution in [0.3, 0.4) is 0 Å². The molecule has 5 aromatic carbocycles. The summed E-state index contributed by atoms with van der Waals surface area (Å²) in [7, 11) is 0. The highest BCUT2D eigenvalue weighted by atomic mass is 15.0. The maximum absolute atomic E-state index is 5.13. The lowest BCUT2D eigenvalue weighted by Gasteiger charge is -2.13. The van der Waals surface area contributed by atoms with E-state index in [0.717, 1.165) is 61.2 Å². The van der Waals surface area contributed by atoms with Gasteiger partial charge in [-0.2, -0.15) is 0 Å². The fourth-order valence-corrected chi connectivity index (χ4v) is 5.86. The lowest BCUT2D eigenvalue weighted by Crippen LogP contribution is -2.01. The van der Waals surface area contributed by atoms with Gasteiger partial charge in [0, 0.05) is 52.6 Å². The Morgan fingerprint density at radius 2 is 0.604 bits per heavy atom. The molecule has 0 atom stereocenters. The first-order chi connectivity index (χ1) is 23.8. The van der Waals surface area contributed by atoms with Gasteiger partial charge in [0.05, 0.1) is 0 Å². The number of nitrogens with zero attached hydrogens (tertiary/aromatic N) is 5. The van der Waals surface area contributed by atoms with Crippen molar-refractivity contribution in [1.29, 1.82) is 0 Å². The maximum Gasteiger partial charge on any atom is 0.164 e. The average Bonchev–Trinajstić information content (AvgIpc) is 3.19. The smallest absolute Gasteiger partial charge is 0.164 e. The van der Waals surface area contributed by atoms with Crippen molar-refractivity contribution >= 4 is 0 Å². The molecule has 0 aliphatic rings. The third kappa shape index (κ3) is 6.13.